The van der Waals surface area contributed by atoms with Gasteiger partial charge in [-0.05, 0) is 24.3 Å². The van der Waals surface area contributed by atoms with Gasteiger partial charge < -0.3 is 4.57 Å². The third-order valence-electron chi connectivity index (χ3n) is 2.05. The molecule has 2 rings (SSSR count). The van der Waals surface area contributed by atoms with E-state index in [1.807, 2.05) is 28.8 Å². The fraction of sp³-hybridized carbons (Fsp3) is 0.100. The number of benzene rings is 1. The minimum Gasteiger partial charge on any atom is -0.300 e. The molecule has 0 spiro atoms. The van der Waals surface area contributed by atoms with E-state index in [4.69, 9.17) is 34.8 Å². The Bertz CT molecular complexity index is 462. The SMILES string of the molecule is ClCc1c(Cl)ncn1-c1ccc(Cl)cc1. The summed E-state index contributed by atoms with van der Waals surface area (Å²) in [7, 11) is 0. The zero-order valence-electron chi connectivity index (χ0n) is 7.62. The Labute approximate surface area is 102 Å². The minimum absolute atomic E-state index is 0.321. The van der Waals surface area contributed by atoms with Crippen molar-refractivity contribution in [2.24, 2.45) is 0 Å². The van der Waals surface area contributed by atoms with Gasteiger partial charge in [-0.3, -0.25) is 0 Å². The molecule has 0 saturated heterocycles. The van der Waals surface area contributed by atoms with E-state index in [-0.39, 0.29) is 0 Å². The van der Waals surface area contributed by atoms with Gasteiger partial charge in [-0.25, -0.2) is 4.98 Å². The molecule has 0 N–H and O–H groups in total. The van der Waals surface area contributed by atoms with Gasteiger partial charge in [0.25, 0.3) is 0 Å². The smallest absolute Gasteiger partial charge is 0.151 e. The minimum atomic E-state index is 0.321. The van der Waals surface area contributed by atoms with E-state index in [0.717, 1.165) is 11.4 Å². The molecule has 15 heavy (non-hydrogen) atoms. The summed E-state index contributed by atoms with van der Waals surface area (Å²) in [6.45, 7) is 0. The van der Waals surface area contributed by atoms with Crippen LogP contribution in [-0.4, -0.2) is 9.55 Å². The lowest BCUT2D eigenvalue weighted by Gasteiger charge is -2.05. The van der Waals surface area contributed by atoms with Crippen molar-refractivity contribution in [2.45, 2.75) is 5.88 Å². The maximum Gasteiger partial charge on any atom is 0.151 e. The van der Waals surface area contributed by atoms with E-state index >= 15 is 0 Å². The Morgan fingerprint density at radius 2 is 1.80 bits per heavy atom. The highest BCUT2D eigenvalue weighted by Crippen LogP contribution is 2.21. The normalized spacial score (nSPS) is 10.6. The van der Waals surface area contributed by atoms with E-state index in [1.165, 1.54) is 0 Å². The van der Waals surface area contributed by atoms with Crippen molar-refractivity contribution in [1.82, 2.24) is 9.55 Å². The Morgan fingerprint density at radius 3 is 2.40 bits per heavy atom. The Hall–Kier alpha value is -0.700. The average Bonchev–Trinajstić information content (AvgIpc) is 2.61. The number of nitrogens with zero attached hydrogens (tertiary/aromatic N) is 2. The average molecular weight is 262 g/mol. The maximum absolute atomic E-state index is 5.88. The molecular formula is C10H7Cl3N2. The molecule has 1 aromatic heterocycles. The van der Waals surface area contributed by atoms with Crippen LogP contribution in [0.25, 0.3) is 5.69 Å². The van der Waals surface area contributed by atoms with Gasteiger partial charge in [0, 0.05) is 10.7 Å². The summed E-state index contributed by atoms with van der Waals surface area (Å²) < 4.78 is 1.84. The molecule has 0 fully saturated rings. The van der Waals surface area contributed by atoms with Crippen molar-refractivity contribution in [3.05, 3.63) is 46.5 Å². The van der Waals surface area contributed by atoms with E-state index < -0.39 is 0 Å². The molecule has 0 unspecified atom stereocenters. The highest BCUT2D eigenvalue weighted by atomic mass is 35.5. The molecule has 1 aromatic carbocycles. The number of imidazole rings is 1. The van der Waals surface area contributed by atoms with Crippen molar-refractivity contribution in [1.29, 1.82) is 0 Å². The van der Waals surface area contributed by atoms with Crippen LogP contribution in [0.2, 0.25) is 10.2 Å². The summed E-state index contributed by atoms with van der Waals surface area (Å²) >= 11 is 17.5. The molecule has 0 saturated carbocycles. The molecule has 2 aromatic rings. The fourth-order valence-corrected chi connectivity index (χ4v) is 1.95. The van der Waals surface area contributed by atoms with Crippen molar-refractivity contribution in [3.63, 3.8) is 0 Å². The number of halogens is 3. The highest BCUT2D eigenvalue weighted by molar-refractivity contribution is 6.31. The van der Waals surface area contributed by atoms with Crippen LogP contribution in [-0.2, 0) is 5.88 Å². The summed E-state index contributed by atoms with van der Waals surface area (Å²) in [5, 5.41) is 1.12. The monoisotopic (exact) mass is 260 g/mol. The molecule has 0 aliphatic carbocycles. The van der Waals surface area contributed by atoms with Crippen LogP contribution in [0, 0.1) is 0 Å². The standard InChI is InChI=1S/C10H7Cl3N2/c11-5-9-10(13)14-6-15(9)8-3-1-7(12)2-4-8/h1-4,6H,5H2. The zero-order chi connectivity index (χ0) is 10.8. The van der Waals surface area contributed by atoms with Gasteiger partial charge in [0.2, 0.25) is 0 Å². The van der Waals surface area contributed by atoms with Crippen molar-refractivity contribution in [2.75, 3.05) is 0 Å². The largest absolute Gasteiger partial charge is 0.300 e. The topological polar surface area (TPSA) is 17.8 Å². The Kier molecular flexibility index (Phi) is 3.19. The second-order valence-electron chi connectivity index (χ2n) is 2.96. The molecule has 0 bridgehead atoms. The molecule has 0 aliphatic heterocycles. The van der Waals surface area contributed by atoms with Gasteiger partial charge >= 0.3 is 0 Å². The summed E-state index contributed by atoms with van der Waals surface area (Å²) in [6, 6.07) is 7.39. The molecule has 0 amide bonds. The van der Waals surface area contributed by atoms with Gasteiger partial charge in [0.1, 0.15) is 6.33 Å². The summed E-state index contributed by atoms with van der Waals surface area (Å²) in [5.41, 5.74) is 1.72. The van der Waals surface area contributed by atoms with Gasteiger partial charge in [0.05, 0.1) is 11.6 Å². The fourth-order valence-electron chi connectivity index (χ4n) is 1.30. The predicted octanol–water partition coefficient (Wildman–Crippen LogP) is 3.92. The van der Waals surface area contributed by atoms with Crippen LogP contribution >= 0.6 is 34.8 Å². The van der Waals surface area contributed by atoms with Crippen molar-refractivity contribution < 1.29 is 0 Å². The van der Waals surface area contributed by atoms with Gasteiger partial charge in [-0.1, -0.05) is 23.2 Å². The first-order chi connectivity index (χ1) is 7.22. The van der Waals surface area contributed by atoms with E-state index in [9.17, 15) is 0 Å². The predicted molar refractivity (Wildman–Crippen MR) is 63.1 cm³/mol. The summed E-state index contributed by atoms with van der Waals surface area (Å²) in [6.07, 6.45) is 1.64. The van der Waals surface area contributed by atoms with Gasteiger partial charge in [0.15, 0.2) is 5.15 Å². The lowest BCUT2D eigenvalue weighted by Crippen LogP contribution is -1.96. The Balaban J connectivity index is 2.49. The second-order valence-corrected chi connectivity index (χ2v) is 4.02. The van der Waals surface area contributed by atoms with Crippen LogP contribution in [0.4, 0.5) is 0 Å². The molecule has 0 aliphatic rings. The summed E-state index contributed by atoms with van der Waals surface area (Å²) in [5.74, 6) is 0.321. The third-order valence-corrected chi connectivity index (χ3v) is 2.87. The van der Waals surface area contributed by atoms with Crippen LogP contribution < -0.4 is 0 Å². The Morgan fingerprint density at radius 1 is 1.13 bits per heavy atom. The molecule has 1 heterocycles. The molecule has 78 valence electrons. The lowest BCUT2D eigenvalue weighted by atomic mass is 10.3. The number of hydrogen-bond donors (Lipinski definition) is 0. The van der Waals surface area contributed by atoms with Crippen LogP contribution in [0.5, 0.6) is 0 Å². The number of rotatable bonds is 2. The van der Waals surface area contributed by atoms with Crippen molar-refractivity contribution in [3.8, 4) is 5.69 Å². The number of alkyl halides is 1. The first-order valence-electron chi connectivity index (χ1n) is 4.26. The third kappa shape index (κ3) is 2.12. The number of hydrogen-bond acceptors (Lipinski definition) is 1. The first kappa shape index (κ1) is 10.8. The zero-order valence-corrected chi connectivity index (χ0v) is 9.89. The molecule has 0 atom stereocenters. The summed E-state index contributed by atoms with van der Waals surface area (Å²) in [4.78, 5) is 4.00. The second kappa shape index (κ2) is 4.44. The van der Waals surface area contributed by atoms with Gasteiger partial charge in [-0.15, -0.1) is 11.6 Å². The first-order valence-corrected chi connectivity index (χ1v) is 5.55. The van der Waals surface area contributed by atoms with Crippen molar-refractivity contribution >= 4 is 34.8 Å². The van der Waals surface area contributed by atoms with Crippen LogP contribution in [0.15, 0.2) is 30.6 Å². The lowest BCUT2D eigenvalue weighted by molar-refractivity contribution is 0.992. The van der Waals surface area contributed by atoms with Gasteiger partial charge in [-0.2, -0.15) is 0 Å². The highest BCUT2D eigenvalue weighted by Gasteiger charge is 2.08. The maximum atomic E-state index is 5.88. The molecular weight excluding hydrogens is 254 g/mol. The van der Waals surface area contributed by atoms with E-state index in [1.54, 1.807) is 6.33 Å². The van der Waals surface area contributed by atoms with E-state index in [2.05, 4.69) is 4.98 Å². The van der Waals surface area contributed by atoms with Crippen LogP contribution in [0.1, 0.15) is 5.69 Å². The molecule has 2 nitrogen and oxygen atoms in total. The molecule has 0 radical (unpaired) electrons. The van der Waals surface area contributed by atoms with Crippen LogP contribution in [0.3, 0.4) is 0 Å². The quantitative estimate of drug-likeness (QED) is 0.749. The number of aromatic nitrogens is 2. The van der Waals surface area contributed by atoms with E-state index in [0.29, 0.717) is 16.1 Å². The molecule has 5 heteroatoms.